The summed E-state index contributed by atoms with van der Waals surface area (Å²) in [5, 5.41) is 11.7. The molecule has 0 fully saturated rings. The molecular weight excluding hydrogens is 491 g/mol. The van der Waals surface area contributed by atoms with Crippen LogP contribution in [0.2, 0.25) is 0 Å². The summed E-state index contributed by atoms with van der Waals surface area (Å²) < 4.78 is 54.5. The number of nitriles is 1. The van der Waals surface area contributed by atoms with Crippen LogP contribution in [0.15, 0.2) is 58.4 Å². The highest BCUT2D eigenvalue weighted by molar-refractivity contribution is 7.85. The lowest BCUT2D eigenvalue weighted by Crippen LogP contribution is -2.29. The number of hydrogen-bond acceptors (Lipinski definition) is 4. The number of carbonyl (C=O) groups excluding carboxylic acids is 1. The van der Waals surface area contributed by atoms with Gasteiger partial charge in [0, 0.05) is 41.7 Å². The molecule has 188 valence electrons. The van der Waals surface area contributed by atoms with Crippen molar-refractivity contribution in [3.05, 3.63) is 86.8 Å². The number of rotatable bonds is 7. The van der Waals surface area contributed by atoms with Crippen molar-refractivity contribution in [3.8, 4) is 17.2 Å². The van der Waals surface area contributed by atoms with E-state index >= 15 is 0 Å². The normalized spacial score (nSPS) is 12.1. The van der Waals surface area contributed by atoms with Crippen LogP contribution in [0.25, 0.3) is 11.1 Å². The molecule has 3 aromatic rings. The maximum Gasteiger partial charge on any atom is 0.416 e. The maximum absolute atomic E-state index is 13.4. The summed E-state index contributed by atoms with van der Waals surface area (Å²) in [5.41, 5.74) is -0.578. The van der Waals surface area contributed by atoms with Crippen molar-refractivity contribution >= 4 is 16.7 Å². The van der Waals surface area contributed by atoms with Crippen LogP contribution < -0.4 is 10.7 Å². The van der Waals surface area contributed by atoms with E-state index in [0.717, 1.165) is 12.1 Å². The highest BCUT2D eigenvalue weighted by Crippen LogP contribution is 2.32. The molecule has 6 nitrogen and oxygen atoms in total. The Hall–Kier alpha value is -3.71. The molecule has 0 bridgehead atoms. The molecule has 0 spiro atoms. The quantitative estimate of drug-likeness (QED) is 0.496. The van der Waals surface area contributed by atoms with Crippen LogP contribution in [0.5, 0.6) is 0 Å². The summed E-state index contributed by atoms with van der Waals surface area (Å²) in [6, 6.07) is 11.2. The Balaban J connectivity index is 2.26. The number of amides is 1. The molecule has 0 aliphatic rings. The van der Waals surface area contributed by atoms with E-state index in [2.05, 4.69) is 5.32 Å². The van der Waals surface area contributed by atoms with Gasteiger partial charge in [0.25, 0.3) is 5.91 Å². The van der Waals surface area contributed by atoms with Crippen molar-refractivity contribution in [3.63, 3.8) is 0 Å². The molecule has 0 aliphatic heterocycles. The van der Waals surface area contributed by atoms with Crippen molar-refractivity contribution in [2.45, 2.75) is 37.9 Å². The van der Waals surface area contributed by atoms with Gasteiger partial charge in [0.05, 0.1) is 28.0 Å². The molecule has 0 saturated heterocycles. The van der Waals surface area contributed by atoms with Gasteiger partial charge in [-0.25, -0.2) is 0 Å². The first-order valence-corrected chi connectivity index (χ1v) is 12.4. The zero-order valence-corrected chi connectivity index (χ0v) is 20.7. The summed E-state index contributed by atoms with van der Waals surface area (Å²) in [5.74, 6) is -0.305. The van der Waals surface area contributed by atoms with E-state index in [4.69, 9.17) is 0 Å². The molecule has 1 atom stereocenters. The highest BCUT2D eigenvalue weighted by Gasteiger charge is 2.31. The van der Waals surface area contributed by atoms with Crippen molar-refractivity contribution in [1.29, 1.82) is 5.26 Å². The summed E-state index contributed by atoms with van der Waals surface area (Å²) in [7, 11) is -0.0424. The standard InChI is InChI=1S/C26H24F3N3O3S/c1-4-10-36(35)22-11-17(13-30)8-9-19(22)14-32-15-21(25(34)31-3)24(33)23(16(32)2)18-6-5-7-20(12-18)26(27,28)29/h5-9,11-12,15H,4,10,14H2,1-3H3,(H,31,34). The Morgan fingerprint density at radius 3 is 2.53 bits per heavy atom. The van der Waals surface area contributed by atoms with E-state index < -0.39 is 33.9 Å². The highest BCUT2D eigenvalue weighted by atomic mass is 32.2. The smallest absolute Gasteiger partial charge is 0.355 e. The second-order valence-electron chi connectivity index (χ2n) is 8.10. The Labute approximate surface area is 208 Å². The monoisotopic (exact) mass is 515 g/mol. The van der Waals surface area contributed by atoms with E-state index in [1.165, 1.54) is 25.4 Å². The average Bonchev–Trinajstić information content (AvgIpc) is 2.85. The topological polar surface area (TPSA) is 92.0 Å². The minimum Gasteiger partial charge on any atom is -0.355 e. The SMILES string of the molecule is CCCS(=O)c1cc(C#N)ccc1Cn1cc(C(=O)NC)c(=O)c(-c2cccc(C(F)(F)F)c2)c1C. The largest absolute Gasteiger partial charge is 0.416 e. The van der Waals surface area contributed by atoms with Crippen LogP contribution in [0.4, 0.5) is 13.2 Å². The molecule has 1 aromatic heterocycles. The van der Waals surface area contributed by atoms with Crippen LogP contribution in [-0.4, -0.2) is 27.5 Å². The first-order chi connectivity index (χ1) is 17.0. The van der Waals surface area contributed by atoms with Crippen molar-refractivity contribution < 1.29 is 22.2 Å². The number of carbonyl (C=O) groups is 1. The predicted octanol–water partition coefficient (Wildman–Crippen LogP) is 4.64. The molecule has 2 aromatic carbocycles. The van der Waals surface area contributed by atoms with Crippen LogP contribution in [0, 0.1) is 18.3 Å². The second kappa shape index (κ2) is 10.9. The first kappa shape index (κ1) is 26.9. The Bertz CT molecular complexity index is 1440. The van der Waals surface area contributed by atoms with Crippen LogP contribution in [0.1, 0.15) is 46.1 Å². The molecule has 0 radical (unpaired) electrons. The zero-order chi connectivity index (χ0) is 26.6. The molecular formula is C26H24F3N3O3S. The number of nitrogens with one attached hydrogen (secondary N) is 1. The van der Waals surface area contributed by atoms with E-state index in [-0.39, 0.29) is 23.2 Å². The minimum absolute atomic E-state index is 0.0291. The number of halogens is 3. The van der Waals surface area contributed by atoms with Crippen molar-refractivity contribution in [2.75, 3.05) is 12.8 Å². The minimum atomic E-state index is -4.61. The lowest BCUT2D eigenvalue weighted by atomic mass is 9.98. The van der Waals surface area contributed by atoms with Gasteiger partial charge in [-0.05, 0) is 48.7 Å². The van der Waals surface area contributed by atoms with Gasteiger partial charge >= 0.3 is 6.18 Å². The number of aromatic nitrogens is 1. The van der Waals surface area contributed by atoms with Crippen LogP contribution in [0.3, 0.4) is 0 Å². The fraction of sp³-hybridized carbons (Fsp3) is 0.269. The third kappa shape index (κ3) is 5.57. The number of pyridine rings is 1. The molecule has 10 heteroatoms. The van der Waals surface area contributed by atoms with Gasteiger partial charge in [0.1, 0.15) is 5.56 Å². The van der Waals surface area contributed by atoms with Gasteiger partial charge in [-0.3, -0.25) is 13.8 Å². The molecule has 1 heterocycles. The first-order valence-electron chi connectivity index (χ1n) is 11.1. The summed E-state index contributed by atoms with van der Waals surface area (Å²) in [6.07, 6.45) is -2.61. The van der Waals surface area contributed by atoms with Crippen molar-refractivity contribution in [2.24, 2.45) is 0 Å². The lowest BCUT2D eigenvalue weighted by molar-refractivity contribution is -0.137. The van der Waals surface area contributed by atoms with Gasteiger partial charge < -0.3 is 9.88 Å². The van der Waals surface area contributed by atoms with Gasteiger partial charge in [-0.1, -0.05) is 25.1 Å². The fourth-order valence-electron chi connectivity index (χ4n) is 3.85. The van der Waals surface area contributed by atoms with E-state index in [1.807, 2.05) is 13.0 Å². The molecule has 1 N–H and O–H groups in total. The van der Waals surface area contributed by atoms with Gasteiger partial charge in [0.15, 0.2) is 0 Å². The van der Waals surface area contributed by atoms with Crippen LogP contribution in [-0.2, 0) is 23.5 Å². The summed E-state index contributed by atoms with van der Waals surface area (Å²) >= 11 is 0. The molecule has 36 heavy (non-hydrogen) atoms. The average molecular weight is 516 g/mol. The van der Waals surface area contributed by atoms with Gasteiger partial charge in [0.2, 0.25) is 5.43 Å². The van der Waals surface area contributed by atoms with Gasteiger partial charge in [-0.2, -0.15) is 18.4 Å². The van der Waals surface area contributed by atoms with E-state index in [0.29, 0.717) is 33.9 Å². The molecule has 3 rings (SSSR count). The molecule has 1 amide bonds. The fourth-order valence-corrected chi connectivity index (χ4v) is 5.13. The maximum atomic E-state index is 13.4. The summed E-state index contributed by atoms with van der Waals surface area (Å²) in [6.45, 7) is 3.55. The molecule has 0 aliphatic carbocycles. The lowest BCUT2D eigenvalue weighted by Gasteiger charge is -2.19. The number of alkyl halides is 3. The Kier molecular flexibility index (Phi) is 8.15. The molecule has 0 saturated carbocycles. The third-order valence-electron chi connectivity index (χ3n) is 5.67. The Morgan fingerprint density at radius 2 is 1.92 bits per heavy atom. The predicted molar refractivity (Wildman–Crippen MR) is 131 cm³/mol. The second-order valence-corrected chi connectivity index (χ2v) is 9.64. The molecule has 1 unspecified atom stereocenters. The van der Waals surface area contributed by atoms with Gasteiger partial charge in [-0.15, -0.1) is 0 Å². The number of benzene rings is 2. The zero-order valence-electron chi connectivity index (χ0n) is 19.9. The third-order valence-corrected chi connectivity index (χ3v) is 7.32. The van der Waals surface area contributed by atoms with E-state index in [9.17, 15) is 32.2 Å². The Morgan fingerprint density at radius 1 is 1.19 bits per heavy atom. The van der Waals surface area contributed by atoms with E-state index in [1.54, 1.807) is 29.7 Å². The summed E-state index contributed by atoms with van der Waals surface area (Å²) in [4.78, 5) is 26.2. The number of hydrogen-bond donors (Lipinski definition) is 1. The van der Waals surface area contributed by atoms with Crippen molar-refractivity contribution in [1.82, 2.24) is 9.88 Å². The van der Waals surface area contributed by atoms with Crippen LogP contribution >= 0.6 is 0 Å². The number of nitrogens with zero attached hydrogens (tertiary/aromatic N) is 2.